The molecule has 0 radical (unpaired) electrons. The van der Waals surface area contributed by atoms with E-state index in [1.54, 1.807) is 16.9 Å². The molecule has 0 unspecified atom stereocenters. The number of hydrogen-bond donors (Lipinski definition) is 2. The molecule has 0 atom stereocenters. The minimum Gasteiger partial charge on any atom is -0.497 e. The van der Waals surface area contributed by atoms with Crippen LogP contribution in [0.5, 0.6) is 5.75 Å². The summed E-state index contributed by atoms with van der Waals surface area (Å²) in [6.07, 6.45) is 0.417. The van der Waals surface area contributed by atoms with Crippen LogP contribution in [-0.4, -0.2) is 43.6 Å². The molecule has 1 aromatic heterocycles. The predicted molar refractivity (Wildman–Crippen MR) is 99.6 cm³/mol. The molecule has 5 heterocycles. The van der Waals surface area contributed by atoms with E-state index >= 15 is 0 Å². The van der Waals surface area contributed by atoms with Gasteiger partial charge in [-0.1, -0.05) is 0 Å². The minimum atomic E-state index is -0.150. The standard InChI is InChI=1S/C21H27N3O2/c1-13-17(15-8-14(26-5)6-7-16(15)22(13)4)18-23-9-20(2)10-24(18)12-21(3,11-23)19(20)25/h6-8,18H,9-12H2,1-5H3/p+2. The minimum absolute atomic E-state index is 0.150. The predicted octanol–water partition coefficient (Wildman–Crippen LogP) is -0.114. The number of aromatic nitrogens is 1. The summed E-state index contributed by atoms with van der Waals surface area (Å²) in [4.78, 5) is 16.1. The fraction of sp³-hybridized carbons (Fsp3) is 0.571. The Morgan fingerprint density at radius 1 is 1.12 bits per heavy atom. The van der Waals surface area contributed by atoms with Crippen LogP contribution < -0.4 is 14.5 Å². The molecule has 6 rings (SSSR count). The fourth-order valence-corrected chi connectivity index (χ4v) is 6.48. The molecule has 4 aliphatic heterocycles. The van der Waals surface area contributed by atoms with Gasteiger partial charge in [-0.3, -0.25) is 14.6 Å². The Bertz CT molecular complexity index is 904. The number of hydrogen-bond acceptors (Lipinski definition) is 2. The van der Waals surface area contributed by atoms with Gasteiger partial charge in [0.25, 0.3) is 0 Å². The normalized spacial score (nSPS) is 38.3. The van der Waals surface area contributed by atoms with Crippen molar-refractivity contribution in [2.45, 2.75) is 26.9 Å². The summed E-state index contributed by atoms with van der Waals surface area (Å²) in [6.45, 7) is 10.5. The molecule has 138 valence electrons. The number of ether oxygens (including phenoxy) is 1. The summed E-state index contributed by atoms with van der Waals surface area (Å²) < 4.78 is 7.82. The maximum atomic E-state index is 13.0. The molecule has 0 spiro atoms. The van der Waals surface area contributed by atoms with Crippen molar-refractivity contribution in [3.05, 3.63) is 29.5 Å². The van der Waals surface area contributed by atoms with E-state index in [1.807, 2.05) is 6.07 Å². The molecule has 1 aromatic carbocycles. The van der Waals surface area contributed by atoms with Crippen molar-refractivity contribution >= 4 is 16.7 Å². The van der Waals surface area contributed by atoms with Crippen LogP contribution in [0.1, 0.15) is 31.3 Å². The lowest BCUT2D eigenvalue weighted by Gasteiger charge is -2.58. The molecule has 26 heavy (non-hydrogen) atoms. The molecule has 0 aliphatic carbocycles. The number of piperidine rings is 2. The molecular weight excluding hydrogens is 326 g/mol. The summed E-state index contributed by atoms with van der Waals surface area (Å²) in [6, 6.07) is 6.41. The van der Waals surface area contributed by atoms with E-state index in [-0.39, 0.29) is 10.8 Å². The Balaban J connectivity index is 1.68. The molecule has 2 aromatic rings. The van der Waals surface area contributed by atoms with E-state index in [0.717, 1.165) is 31.9 Å². The van der Waals surface area contributed by atoms with Crippen molar-refractivity contribution in [1.29, 1.82) is 0 Å². The Kier molecular flexibility index (Phi) is 3.08. The number of benzene rings is 1. The quantitative estimate of drug-likeness (QED) is 0.789. The lowest BCUT2D eigenvalue weighted by Crippen LogP contribution is -3.41. The second-order valence-corrected chi connectivity index (χ2v) is 9.35. The zero-order valence-corrected chi connectivity index (χ0v) is 16.4. The highest BCUT2D eigenvalue weighted by Gasteiger charge is 2.68. The van der Waals surface area contributed by atoms with E-state index < -0.39 is 0 Å². The van der Waals surface area contributed by atoms with Crippen LogP contribution in [0.25, 0.3) is 10.9 Å². The zero-order chi connectivity index (χ0) is 18.4. The van der Waals surface area contributed by atoms with Gasteiger partial charge in [0, 0.05) is 23.6 Å². The summed E-state index contributed by atoms with van der Waals surface area (Å²) in [5.41, 5.74) is 3.75. The Labute approximate surface area is 154 Å². The van der Waals surface area contributed by atoms with E-state index in [9.17, 15) is 4.79 Å². The average Bonchev–Trinajstić information content (AvgIpc) is 2.83. The number of Topliss-reactive ketones (excluding diaryl/α,β-unsaturated/α-hetero) is 1. The summed E-state index contributed by atoms with van der Waals surface area (Å²) in [5, 5.41) is 1.31. The van der Waals surface area contributed by atoms with Crippen molar-refractivity contribution in [3.63, 3.8) is 0 Å². The fourth-order valence-electron chi connectivity index (χ4n) is 6.48. The van der Waals surface area contributed by atoms with Crippen molar-refractivity contribution in [2.24, 2.45) is 17.9 Å². The van der Waals surface area contributed by atoms with Crippen LogP contribution in [0, 0.1) is 17.8 Å². The largest absolute Gasteiger partial charge is 0.497 e. The maximum absolute atomic E-state index is 13.0. The Morgan fingerprint density at radius 3 is 2.23 bits per heavy atom. The second-order valence-electron chi connectivity index (χ2n) is 9.35. The van der Waals surface area contributed by atoms with E-state index in [4.69, 9.17) is 4.74 Å². The van der Waals surface area contributed by atoms with Gasteiger partial charge in [0.05, 0.1) is 38.9 Å². The molecule has 4 aliphatic rings. The van der Waals surface area contributed by atoms with E-state index in [0.29, 0.717) is 11.9 Å². The molecule has 0 amide bonds. The molecule has 0 saturated carbocycles. The molecule has 4 bridgehead atoms. The first-order chi connectivity index (χ1) is 12.3. The second kappa shape index (κ2) is 4.90. The van der Waals surface area contributed by atoms with E-state index in [2.05, 4.69) is 44.5 Å². The highest BCUT2D eigenvalue weighted by Crippen LogP contribution is 2.38. The molecule has 4 saturated heterocycles. The van der Waals surface area contributed by atoms with Gasteiger partial charge in [0.1, 0.15) is 16.6 Å². The number of carbonyl (C=O) groups excluding carboxylic acids is 1. The molecule has 5 nitrogen and oxygen atoms in total. The number of methoxy groups -OCH3 is 1. The van der Waals surface area contributed by atoms with Gasteiger partial charge >= 0.3 is 0 Å². The van der Waals surface area contributed by atoms with Gasteiger partial charge < -0.3 is 9.30 Å². The number of aryl methyl sites for hydroxylation is 1. The summed E-state index contributed by atoms with van der Waals surface area (Å²) in [7, 11) is 3.89. The van der Waals surface area contributed by atoms with Crippen LogP contribution in [0.2, 0.25) is 0 Å². The highest BCUT2D eigenvalue weighted by atomic mass is 16.5. The van der Waals surface area contributed by atoms with Gasteiger partial charge in [-0.25, -0.2) is 0 Å². The Morgan fingerprint density at radius 2 is 1.69 bits per heavy atom. The first-order valence-electron chi connectivity index (χ1n) is 9.64. The third kappa shape index (κ3) is 1.85. The maximum Gasteiger partial charge on any atom is 0.242 e. The topological polar surface area (TPSA) is 40.1 Å². The summed E-state index contributed by atoms with van der Waals surface area (Å²) in [5.74, 6) is 1.42. The molecule has 5 heteroatoms. The number of nitrogens with zero attached hydrogens (tertiary/aromatic N) is 1. The van der Waals surface area contributed by atoms with Gasteiger partial charge in [-0.15, -0.1) is 0 Å². The number of carbonyl (C=O) groups is 1. The SMILES string of the molecule is COc1ccc2c(c1)c(C1[NH+]3CC4(C)C[NH+]1CC(C)(C3)C4=O)c(C)n2C. The average molecular weight is 355 g/mol. The Hall–Kier alpha value is -1.85. The molecule has 2 N–H and O–H groups in total. The van der Waals surface area contributed by atoms with Crippen LogP contribution in [-0.2, 0) is 11.8 Å². The van der Waals surface area contributed by atoms with Crippen molar-refractivity contribution in [1.82, 2.24) is 4.57 Å². The van der Waals surface area contributed by atoms with Crippen molar-refractivity contribution < 1.29 is 19.3 Å². The highest BCUT2D eigenvalue weighted by molar-refractivity contribution is 5.91. The smallest absolute Gasteiger partial charge is 0.242 e. The number of nitrogens with one attached hydrogen (secondary N) is 2. The van der Waals surface area contributed by atoms with Gasteiger partial charge in [-0.2, -0.15) is 0 Å². The van der Waals surface area contributed by atoms with Crippen LogP contribution in [0.4, 0.5) is 0 Å². The first kappa shape index (κ1) is 16.3. The lowest BCUT2D eigenvalue weighted by atomic mass is 9.62. The van der Waals surface area contributed by atoms with Crippen LogP contribution in [0.15, 0.2) is 18.2 Å². The van der Waals surface area contributed by atoms with E-state index in [1.165, 1.54) is 22.2 Å². The third-order valence-corrected chi connectivity index (χ3v) is 7.42. The lowest BCUT2D eigenvalue weighted by molar-refractivity contribution is -1.18. The van der Waals surface area contributed by atoms with Crippen LogP contribution in [0.3, 0.4) is 0 Å². The third-order valence-electron chi connectivity index (χ3n) is 7.42. The van der Waals surface area contributed by atoms with Crippen molar-refractivity contribution in [3.8, 4) is 5.75 Å². The van der Waals surface area contributed by atoms with Gasteiger partial charge in [0.2, 0.25) is 6.17 Å². The molecule has 4 fully saturated rings. The number of rotatable bonds is 2. The summed E-state index contributed by atoms with van der Waals surface area (Å²) >= 11 is 0. The van der Waals surface area contributed by atoms with Crippen molar-refractivity contribution in [2.75, 3.05) is 33.3 Å². The first-order valence-corrected chi connectivity index (χ1v) is 9.64. The molecular formula is C21H29N3O2+2. The number of fused-ring (bicyclic) bond motifs is 1. The number of quaternary nitrogens is 2. The zero-order valence-electron chi connectivity index (χ0n) is 16.4. The van der Waals surface area contributed by atoms with Crippen LogP contribution >= 0.6 is 0 Å². The monoisotopic (exact) mass is 355 g/mol. The van der Waals surface area contributed by atoms with Gasteiger partial charge in [-0.05, 0) is 39.0 Å². The number of ketones is 1. The van der Waals surface area contributed by atoms with Gasteiger partial charge in [0.15, 0.2) is 5.78 Å².